The van der Waals surface area contributed by atoms with Crippen molar-refractivity contribution < 1.29 is 9.31 Å². The summed E-state index contributed by atoms with van der Waals surface area (Å²) in [6.07, 6.45) is 0.304. The Bertz CT molecular complexity index is 595. The Labute approximate surface area is 120 Å². The van der Waals surface area contributed by atoms with Crippen LogP contribution in [0.5, 0.6) is 0 Å². The number of nitriles is 2. The summed E-state index contributed by atoms with van der Waals surface area (Å²) in [5.74, 6) is 0. The molecule has 0 aliphatic carbocycles. The molecule has 1 saturated heterocycles. The van der Waals surface area contributed by atoms with E-state index in [1.165, 1.54) is 0 Å². The van der Waals surface area contributed by atoms with Crippen LogP contribution in [0, 0.1) is 22.7 Å². The molecular weight excluding hydrogens is 251 g/mol. The normalized spacial score (nSPS) is 19.4. The Morgan fingerprint density at radius 2 is 1.70 bits per heavy atom. The lowest BCUT2D eigenvalue weighted by molar-refractivity contribution is 0.00578. The fourth-order valence-corrected chi connectivity index (χ4v) is 2.08. The summed E-state index contributed by atoms with van der Waals surface area (Å²) in [7, 11) is -0.576. The molecule has 0 N–H and O–H groups in total. The van der Waals surface area contributed by atoms with E-state index in [9.17, 15) is 5.26 Å². The minimum atomic E-state index is -0.576. The highest BCUT2D eigenvalue weighted by Crippen LogP contribution is 2.36. The molecule has 102 valence electrons. The molecule has 0 amide bonds. The lowest BCUT2D eigenvalue weighted by Gasteiger charge is -2.32. The Hall–Kier alpha value is -1.82. The fourth-order valence-electron chi connectivity index (χ4n) is 2.08. The van der Waals surface area contributed by atoms with Crippen molar-refractivity contribution in [3.8, 4) is 12.1 Å². The summed E-state index contributed by atoms with van der Waals surface area (Å²) in [5, 5.41) is 18.0. The highest BCUT2D eigenvalue weighted by Gasteiger charge is 2.52. The number of hydrogen-bond acceptors (Lipinski definition) is 4. The summed E-state index contributed by atoms with van der Waals surface area (Å²) in [6.45, 7) is 7.88. The predicted octanol–water partition coefficient (Wildman–Crippen LogP) is 1.92. The number of rotatable bonds is 2. The molecule has 0 radical (unpaired) electrons. The summed E-state index contributed by atoms with van der Waals surface area (Å²) < 4.78 is 11.9. The van der Waals surface area contributed by atoms with E-state index in [2.05, 4.69) is 12.1 Å². The van der Waals surface area contributed by atoms with Gasteiger partial charge < -0.3 is 9.31 Å². The van der Waals surface area contributed by atoms with E-state index in [0.29, 0.717) is 17.4 Å². The Kier molecular flexibility index (Phi) is 3.60. The van der Waals surface area contributed by atoms with Gasteiger partial charge in [-0.15, -0.1) is 0 Å². The van der Waals surface area contributed by atoms with Crippen LogP contribution >= 0.6 is 0 Å². The van der Waals surface area contributed by atoms with Crippen LogP contribution in [-0.2, 0) is 15.7 Å². The first kappa shape index (κ1) is 14.6. The molecule has 0 atom stereocenters. The molecule has 1 aromatic rings. The molecular formula is C15H17BN2O2. The molecule has 0 saturated carbocycles. The van der Waals surface area contributed by atoms with E-state index in [0.717, 1.165) is 5.56 Å². The van der Waals surface area contributed by atoms with Crippen LogP contribution in [0.25, 0.3) is 0 Å². The van der Waals surface area contributed by atoms with Crippen LogP contribution < -0.4 is 5.46 Å². The van der Waals surface area contributed by atoms with Gasteiger partial charge in [0.15, 0.2) is 0 Å². The highest BCUT2D eigenvalue weighted by atomic mass is 16.7. The first-order valence-electron chi connectivity index (χ1n) is 6.56. The van der Waals surface area contributed by atoms with Crippen LogP contribution in [-0.4, -0.2) is 18.3 Å². The van der Waals surface area contributed by atoms with Gasteiger partial charge in [0, 0.05) is 5.46 Å². The van der Waals surface area contributed by atoms with Crippen molar-refractivity contribution in [2.24, 2.45) is 0 Å². The molecule has 0 bridgehead atoms. The summed E-state index contributed by atoms with van der Waals surface area (Å²) in [5.41, 5.74) is 1.17. The van der Waals surface area contributed by atoms with Crippen LogP contribution in [0.4, 0.5) is 0 Å². The zero-order valence-electron chi connectivity index (χ0n) is 12.2. The van der Waals surface area contributed by atoms with Crippen LogP contribution in [0.1, 0.15) is 38.8 Å². The van der Waals surface area contributed by atoms with Gasteiger partial charge in [0.2, 0.25) is 0 Å². The van der Waals surface area contributed by atoms with E-state index in [1.54, 1.807) is 12.1 Å². The van der Waals surface area contributed by atoms with Crippen molar-refractivity contribution in [1.82, 2.24) is 0 Å². The largest absolute Gasteiger partial charge is 0.496 e. The minimum absolute atomic E-state index is 0.304. The first-order chi connectivity index (χ1) is 9.30. The van der Waals surface area contributed by atoms with Crippen molar-refractivity contribution in [2.75, 3.05) is 0 Å². The zero-order valence-corrected chi connectivity index (χ0v) is 12.2. The van der Waals surface area contributed by atoms with Crippen molar-refractivity contribution >= 4 is 12.6 Å². The Balaban J connectivity index is 2.41. The van der Waals surface area contributed by atoms with Gasteiger partial charge in [-0.3, -0.25) is 0 Å². The van der Waals surface area contributed by atoms with Gasteiger partial charge in [-0.2, -0.15) is 10.5 Å². The second-order valence-corrected chi connectivity index (χ2v) is 5.96. The lowest BCUT2D eigenvalue weighted by atomic mass is 9.75. The predicted molar refractivity (Wildman–Crippen MR) is 76.2 cm³/mol. The van der Waals surface area contributed by atoms with E-state index in [4.69, 9.17) is 14.6 Å². The van der Waals surface area contributed by atoms with Gasteiger partial charge in [-0.1, -0.05) is 12.1 Å². The molecule has 0 unspecified atom stereocenters. The van der Waals surface area contributed by atoms with E-state index in [1.807, 2.05) is 33.8 Å². The SMILES string of the molecule is CC1(C)OB(c2cc(CC#N)ccc2C#N)OC1(C)C. The van der Waals surface area contributed by atoms with Crippen molar-refractivity contribution in [3.63, 3.8) is 0 Å². The maximum absolute atomic E-state index is 9.23. The van der Waals surface area contributed by atoms with Crippen molar-refractivity contribution in [2.45, 2.75) is 45.3 Å². The average Bonchev–Trinajstić information content (AvgIpc) is 2.59. The van der Waals surface area contributed by atoms with Gasteiger partial charge in [0.25, 0.3) is 0 Å². The Morgan fingerprint density at radius 3 is 2.20 bits per heavy atom. The minimum Gasteiger partial charge on any atom is -0.399 e. The Morgan fingerprint density at radius 1 is 1.10 bits per heavy atom. The molecule has 4 nitrogen and oxygen atoms in total. The average molecular weight is 268 g/mol. The van der Waals surface area contributed by atoms with Gasteiger partial charge in [0.1, 0.15) is 0 Å². The van der Waals surface area contributed by atoms with Crippen LogP contribution in [0.3, 0.4) is 0 Å². The number of hydrogen-bond donors (Lipinski definition) is 0. The zero-order chi connectivity index (χ0) is 15.0. The van der Waals surface area contributed by atoms with Crippen LogP contribution in [0.15, 0.2) is 18.2 Å². The second-order valence-electron chi connectivity index (χ2n) is 5.96. The van der Waals surface area contributed by atoms with E-state index in [-0.39, 0.29) is 0 Å². The van der Waals surface area contributed by atoms with E-state index >= 15 is 0 Å². The van der Waals surface area contributed by atoms with Gasteiger partial charge >= 0.3 is 7.12 Å². The molecule has 1 aliphatic rings. The maximum Gasteiger partial charge on any atom is 0.496 e. The molecule has 0 aromatic heterocycles. The molecule has 1 fully saturated rings. The summed E-state index contributed by atoms with van der Waals surface area (Å²) in [4.78, 5) is 0. The molecule has 2 rings (SSSR count). The van der Waals surface area contributed by atoms with Gasteiger partial charge in [0.05, 0.1) is 35.3 Å². The third kappa shape index (κ3) is 2.43. The van der Waals surface area contributed by atoms with Gasteiger partial charge in [-0.25, -0.2) is 0 Å². The smallest absolute Gasteiger partial charge is 0.399 e. The molecule has 1 aromatic carbocycles. The van der Waals surface area contributed by atoms with Crippen LogP contribution in [0.2, 0.25) is 0 Å². The third-order valence-corrected chi connectivity index (χ3v) is 4.03. The molecule has 0 spiro atoms. The monoisotopic (exact) mass is 268 g/mol. The molecule has 5 heteroatoms. The third-order valence-electron chi connectivity index (χ3n) is 4.03. The second kappa shape index (κ2) is 4.94. The summed E-state index contributed by atoms with van der Waals surface area (Å²) in [6, 6.07) is 9.59. The van der Waals surface area contributed by atoms with Crippen molar-refractivity contribution in [1.29, 1.82) is 10.5 Å². The van der Waals surface area contributed by atoms with Crippen molar-refractivity contribution in [3.05, 3.63) is 29.3 Å². The number of nitrogens with zero attached hydrogens (tertiary/aromatic N) is 2. The fraction of sp³-hybridized carbons (Fsp3) is 0.467. The van der Waals surface area contributed by atoms with Gasteiger partial charge in [-0.05, 0) is 39.3 Å². The molecule has 1 aliphatic heterocycles. The maximum atomic E-state index is 9.23. The first-order valence-corrected chi connectivity index (χ1v) is 6.56. The number of benzene rings is 1. The molecule has 1 heterocycles. The van der Waals surface area contributed by atoms with E-state index < -0.39 is 18.3 Å². The quantitative estimate of drug-likeness (QED) is 0.768. The topological polar surface area (TPSA) is 66.0 Å². The standard InChI is InChI=1S/C15H17BN2O2/c1-14(2)15(3,4)20-16(19-14)13-9-11(7-8-17)5-6-12(13)10-18/h5-6,9H,7H2,1-4H3. The lowest BCUT2D eigenvalue weighted by Crippen LogP contribution is -2.41. The summed E-state index contributed by atoms with van der Waals surface area (Å²) >= 11 is 0. The molecule has 20 heavy (non-hydrogen) atoms. The highest BCUT2D eigenvalue weighted by molar-refractivity contribution is 6.62.